The molecule has 134 valence electrons. The molecule has 0 radical (unpaired) electrons. The van der Waals surface area contributed by atoms with Gasteiger partial charge >= 0.3 is 0 Å². The van der Waals surface area contributed by atoms with E-state index < -0.39 is 23.4 Å². The summed E-state index contributed by atoms with van der Waals surface area (Å²) in [7, 11) is 0. The van der Waals surface area contributed by atoms with Crippen molar-refractivity contribution in [1.82, 2.24) is 9.38 Å². The molecule has 1 N–H and O–H groups in total. The zero-order valence-corrected chi connectivity index (χ0v) is 14.7. The number of aromatic nitrogens is 2. The van der Waals surface area contributed by atoms with E-state index in [2.05, 4.69) is 10.3 Å². The molecule has 6 nitrogen and oxygen atoms in total. The summed E-state index contributed by atoms with van der Waals surface area (Å²) in [6, 6.07) is 8.68. The van der Waals surface area contributed by atoms with E-state index >= 15 is 0 Å². The molecule has 0 saturated heterocycles. The number of pyridine rings is 1. The highest BCUT2D eigenvalue weighted by molar-refractivity contribution is 6.30. The maximum absolute atomic E-state index is 13.2. The maximum atomic E-state index is 13.2. The van der Waals surface area contributed by atoms with Crippen LogP contribution in [0.25, 0.3) is 5.65 Å². The van der Waals surface area contributed by atoms with Crippen molar-refractivity contribution in [2.45, 2.75) is 20.0 Å². The van der Waals surface area contributed by atoms with Crippen molar-refractivity contribution in [2.75, 3.05) is 5.32 Å². The van der Waals surface area contributed by atoms with Crippen molar-refractivity contribution in [3.05, 3.63) is 69.5 Å². The van der Waals surface area contributed by atoms with Gasteiger partial charge in [-0.2, -0.15) is 0 Å². The van der Waals surface area contributed by atoms with Crippen LogP contribution in [0.1, 0.15) is 12.6 Å². The Morgan fingerprint density at radius 2 is 2.12 bits per heavy atom. The third-order valence-electron chi connectivity index (χ3n) is 3.69. The van der Waals surface area contributed by atoms with Crippen molar-refractivity contribution >= 4 is 28.8 Å². The van der Waals surface area contributed by atoms with Gasteiger partial charge in [0.25, 0.3) is 11.5 Å². The van der Waals surface area contributed by atoms with Gasteiger partial charge in [0.05, 0.1) is 10.7 Å². The number of aryl methyl sites for hydroxylation is 1. The fourth-order valence-electron chi connectivity index (χ4n) is 2.39. The lowest BCUT2D eigenvalue weighted by molar-refractivity contribution is -0.122. The lowest BCUT2D eigenvalue weighted by Gasteiger charge is -2.15. The molecule has 26 heavy (non-hydrogen) atoms. The molecule has 8 heteroatoms. The van der Waals surface area contributed by atoms with E-state index in [1.807, 2.05) is 0 Å². The molecule has 0 aliphatic heterocycles. The van der Waals surface area contributed by atoms with Gasteiger partial charge in [0.2, 0.25) is 0 Å². The lowest BCUT2D eigenvalue weighted by Crippen LogP contribution is -2.33. The third-order valence-corrected chi connectivity index (χ3v) is 3.92. The Morgan fingerprint density at radius 1 is 1.35 bits per heavy atom. The molecule has 0 saturated carbocycles. The highest BCUT2D eigenvalue weighted by Crippen LogP contribution is 2.16. The van der Waals surface area contributed by atoms with Crippen LogP contribution in [0.15, 0.2) is 47.4 Å². The molecule has 2 heterocycles. The van der Waals surface area contributed by atoms with Crippen LogP contribution in [0.2, 0.25) is 5.02 Å². The number of benzene rings is 1. The van der Waals surface area contributed by atoms with Crippen LogP contribution >= 0.6 is 11.6 Å². The highest BCUT2D eigenvalue weighted by atomic mass is 35.5. The van der Waals surface area contributed by atoms with E-state index in [0.29, 0.717) is 16.4 Å². The Bertz CT molecular complexity index is 1050. The van der Waals surface area contributed by atoms with E-state index in [4.69, 9.17) is 16.3 Å². The molecule has 0 spiro atoms. The van der Waals surface area contributed by atoms with E-state index in [0.717, 1.165) is 0 Å². The molecule has 1 aromatic carbocycles. The van der Waals surface area contributed by atoms with Crippen molar-refractivity contribution in [1.29, 1.82) is 0 Å². The van der Waals surface area contributed by atoms with E-state index in [9.17, 15) is 14.0 Å². The van der Waals surface area contributed by atoms with Crippen LogP contribution < -0.4 is 15.6 Å². The predicted octanol–water partition coefficient (Wildman–Crippen LogP) is 3.20. The van der Waals surface area contributed by atoms with Crippen molar-refractivity contribution in [3.63, 3.8) is 0 Å². The molecule has 0 fully saturated rings. The molecule has 1 atom stereocenters. The molecule has 3 rings (SSSR count). The summed E-state index contributed by atoms with van der Waals surface area (Å²) in [5, 5.41) is 2.89. The van der Waals surface area contributed by atoms with Gasteiger partial charge in [-0.05, 0) is 38.1 Å². The van der Waals surface area contributed by atoms with Gasteiger partial charge < -0.3 is 10.1 Å². The van der Waals surface area contributed by atoms with E-state index in [-0.39, 0.29) is 11.4 Å². The second-order valence-corrected chi connectivity index (χ2v) is 6.10. The average molecular weight is 376 g/mol. The number of carbonyl (C=O) groups excluding carboxylic acids is 1. The standard InChI is InChI=1S/C18H15ClFN3O3/c1-10-16(18(25)23-9-12(19)6-7-15(23)21-10)22-17(24)11(2)26-14-5-3-4-13(20)8-14/h3-9,11H,1-2H3,(H,22,24)/t11-/m1/s1. The highest BCUT2D eigenvalue weighted by Gasteiger charge is 2.19. The number of halogens is 2. The number of rotatable bonds is 4. The number of fused-ring (bicyclic) bond motifs is 1. The number of nitrogens with zero attached hydrogens (tertiary/aromatic N) is 2. The summed E-state index contributed by atoms with van der Waals surface area (Å²) in [6.07, 6.45) is 0.476. The van der Waals surface area contributed by atoms with Gasteiger partial charge in [-0.3, -0.25) is 14.0 Å². The SMILES string of the molecule is Cc1nc2ccc(Cl)cn2c(=O)c1NC(=O)[C@@H](C)Oc1cccc(F)c1. The molecule has 0 unspecified atom stereocenters. The number of hydrogen-bond acceptors (Lipinski definition) is 4. The zero-order chi connectivity index (χ0) is 18.8. The van der Waals surface area contributed by atoms with Crippen LogP contribution in [0.5, 0.6) is 5.75 Å². The Labute approximate surface area is 153 Å². The Balaban J connectivity index is 1.85. The van der Waals surface area contributed by atoms with Gasteiger partial charge in [0.1, 0.15) is 22.9 Å². The summed E-state index contributed by atoms with van der Waals surface area (Å²) in [4.78, 5) is 29.3. The maximum Gasteiger partial charge on any atom is 0.281 e. The van der Waals surface area contributed by atoms with Crippen molar-refractivity contribution in [3.8, 4) is 5.75 Å². The number of amides is 1. The molecular weight excluding hydrogens is 361 g/mol. The fraction of sp³-hybridized carbons (Fsp3) is 0.167. The molecule has 0 aliphatic carbocycles. The number of carbonyl (C=O) groups is 1. The first-order valence-electron chi connectivity index (χ1n) is 7.77. The minimum absolute atomic E-state index is 0.0319. The Hall–Kier alpha value is -2.93. The monoisotopic (exact) mass is 375 g/mol. The van der Waals surface area contributed by atoms with Gasteiger partial charge in [0, 0.05) is 12.3 Å². The second kappa shape index (κ2) is 7.13. The summed E-state index contributed by atoms with van der Waals surface area (Å²) >= 11 is 5.92. The van der Waals surface area contributed by atoms with Crippen LogP contribution in [0.3, 0.4) is 0 Å². The van der Waals surface area contributed by atoms with Crippen molar-refractivity contribution < 1.29 is 13.9 Å². The quantitative estimate of drug-likeness (QED) is 0.760. The summed E-state index contributed by atoms with van der Waals surface area (Å²) in [5.41, 5.74) is 0.355. The van der Waals surface area contributed by atoms with E-state index in [1.54, 1.807) is 19.1 Å². The first-order chi connectivity index (χ1) is 12.3. The number of anilines is 1. The molecule has 1 amide bonds. The van der Waals surface area contributed by atoms with Gasteiger partial charge in [0.15, 0.2) is 6.10 Å². The van der Waals surface area contributed by atoms with Gasteiger partial charge in [-0.1, -0.05) is 17.7 Å². The topological polar surface area (TPSA) is 72.7 Å². The van der Waals surface area contributed by atoms with Gasteiger partial charge in [-0.25, -0.2) is 9.37 Å². The van der Waals surface area contributed by atoms with Crippen LogP contribution in [-0.4, -0.2) is 21.4 Å². The van der Waals surface area contributed by atoms with Crippen molar-refractivity contribution in [2.24, 2.45) is 0 Å². The zero-order valence-electron chi connectivity index (χ0n) is 14.0. The Morgan fingerprint density at radius 3 is 2.85 bits per heavy atom. The van der Waals surface area contributed by atoms with Crippen LogP contribution in [-0.2, 0) is 4.79 Å². The normalized spacial score (nSPS) is 12.0. The minimum Gasteiger partial charge on any atom is -0.481 e. The number of hydrogen-bond donors (Lipinski definition) is 1. The average Bonchev–Trinajstić information content (AvgIpc) is 2.59. The molecule has 3 aromatic rings. The molecule has 0 aliphatic rings. The second-order valence-electron chi connectivity index (χ2n) is 5.66. The smallest absolute Gasteiger partial charge is 0.281 e. The first kappa shape index (κ1) is 17.9. The van der Waals surface area contributed by atoms with Gasteiger partial charge in [-0.15, -0.1) is 0 Å². The first-order valence-corrected chi connectivity index (χ1v) is 8.14. The van der Waals surface area contributed by atoms with Crippen LogP contribution in [0, 0.1) is 12.7 Å². The summed E-state index contributed by atoms with van der Waals surface area (Å²) in [5.74, 6) is -0.817. The summed E-state index contributed by atoms with van der Waals surface area (Å²) < 4.78 is 19.9. The predicted molar refractivity (Wildman–Crippen MR) is 96.3 cm³/mol. The molecule has 2 aromatic heterocycles. The van der Waals surface area contributed by atoms with E-state index in [1.165, 1.54) is 41.8 Å². The van der Waals surface area contributed by atoms with Crippen LogP contribution in [0.4, 0.5) is 10.1 Å². The molecule has 0 bridgehead atoms. The number of nitrogens with one attached hydrogen (secondary N) is 1. The summed E-state index contributed by atoms with van der Waals surface area (Å²) in [6.45, 7) is 3.11. The third kappa shape index (κ3) is 3.67. The Kier molecular flexibility index (Phi) is 4.90. The largest absolute Gasteiger partial charge is 0.481 e. The number of ether oxygens (including phenoxy) is 1. The lowest BCUT2D eigenvalue weighted by atomic mass is 10.3. The fourth-order valence-corrected chi connectivity index (χ4v) is 2.55. The minimum atomic E-state index is -0.948. The molecular formula is C18H15ClFN3O3.